The second-order valence-electron chi connectivity index (χ2n) is 5.02. The molecule has 7 nitrogen and oxygen atoms in total. The summed E-state index contributed by atoms with van der Waals surface area (Å²) in [5.74, 6) is 0. The molecule has 1 N–H and O–H groups in total. The van der Waals surface area contributed by atoms with E-state index in [1.54, 1.807) is 31.6 Å². The molecule has 0 radical (unpaired) electrons. The molecule has 24 heavy (non-hydrogen) atoms. The highest BCUT2D eigenvalue weighted by atomic mass is 35.5. The summed E-state index contributed by atoms with van der Waals surface area (Å²) >= 11 is 7.20. The van der Waals surface area contributed by atoms with Gasteiger partial charge in [-0.2, -0.15) is 0 Å². The van der Waals surface area contributed by atoms with Crippen molar-refractivity contribution in [2.75, 3.05) is 4.72 Å². The van der Waals surface area contributed by atoms with Gasteiger partial charge >= 0.3 is 0 Å². The van der Waals surface area contributed by atoms with Crippen molar-refractivity contribution < 1.29 is 8.42 Å². The molecule has 1 aromatic carbocycles. The Hall–Kier alpha value is -1.97. The Kier molecular flexibility index (Phi) is 4.83. The number of benzene rings is 1. The Morgan fingerprint density at radius 2 is 2.17 bits per heavy atom. The van der Waals surface area contributed by atoms with Crippen LogP contribution in [0.5, 0.6) is 0 Å². The van der Waals surface area contributed by atoms with Gasteiger partial charge in [-0.05, 0) is 24.6 Å². The average molecular weight is 384 g/mol. The van der Waals surface area contributed by atoms with Gasteiger partial charge in [0.2, 0.25) is 5.13 Å². The van der Waals surface area contributed by atoms with E-state index in [9.17, 15) is 8.42 Å². The highest BCUT2D eigenvalue weighted by molar-refractivity contribution is 7.93. The first-order chi connectivity index (χ1) is 11.5. The fourth-order valence-corrected chi connectivity index (χ4v) is 4.55. The third-order valence-corrected chi connectivity index (χ3v) is 6.26. The summed E-state index contributed by atoms with van der Waals surface area (Å²) in [5, 5.41) is 9.29. The monoisotopic (exact) mass is 383 g/mol. The van der Waals surface area contributed by atoms with Crippen molar-refractivity contribution in [3.8, 4) is 0 Å². The van der Waals surface area contributed by atoms with Crippen LogP contribution in [0.2, 0.25) is 5.02 Å². The standard InChI is InChI=1S/C14H14ClN5O2S2/c1-10-11(15)3-2-4-12(10)24(21,22)19-14-18-17-13(23-14)5-7-20-8-6-16-9-20/h2-4,6,8-9H,5,7H2,1H3,(H,18,19). The van der Waals surface area contributed by atoms with Crippen LogP contribution in [0, 0.1) is 6.92 Å². The van der Waals surface area contributed by atoms with E-state index in [0.29, 0.717) is 23.6 Å². The summed E-state index contributed by atoms with van der Waals surface area (Å²) in [6.45, 7) is 2.36. The third kappa shape index (κ3) is 3.74. The van der Waals surface area contributed by atoms with Crippen LogP contribution in [-0.2, 0) is 23.0 Å². The second-order valence-corrected chi connectivity index (χ2v) is 8.14. The van der Waals surface area contributed by atoms with Crippen LogP contribution in [0.1, 0.15) is 10.6 Å². The summed E-state index contributed by atoms with van der Waals surface area (Å²) in [7, 11) is -3.75. The minimum absolute atomic E-state index is 0.130. The zero-order chi connectivity index (χ0) is 17.2. The Balaban J connectivity index is 1.72. The fraction of sp³-hybridized carbons (Fsp3) is 0.214. The molecule has 0 bridgehead atoms. The number of imidazole rings is 1. The highest BCUT2D eigenvalue weighted by Gasteiger charge is 2.20. The molecule has 0 spiro atoms. The van der Waals surface area contributed by atoms with Gasteiger partial charge in [0.25, 0.3) is 10.0 Å². The molecule has 0 unspecified atom stereocenters. The molecule has 0 amide bonds. The maximum atomic E-state index is 12.5. The Morgan fingerprint density at radius 1 is 1.33 bits per heavy atom. The van der Waals surface area contributed by atoms with E-state index in [1.807, 2.05) is 10.8 Å². The van der Waals surface area contributed by atoms with Crippen molar-refractivity contribution in [3.05, 3.63) is 52.5 Å². The van der Waals surface area contributed by atoms with Gasteiger partial charge in [-0.3, -0.25) is 4.72 Å². The predicted octanol–water partition coefficient (Wildman–Crippen LogP) is 2.74. The van der Waals surface area contributed by atoms with Gasteiger partial charge in [-0.25, -0.2) is 13.4 Å². The van der Waals surface area contributed by atoms with Gasteiger partial charge in [0.05, 0.1) is 11.2 Å². The summed E-state index contributed by atoms with van der Waals surface area (Å²) in [5.41, 5.74) is 0.497. The molecule has 0 atom stereocenters. The number of aryl methyl sites for hydroxylation is 2. The van der Waals surface area contributed by atoms with E-state index < -0.39 is 10.0 Å². The molecular weight excluding hydrogens is 370 g/mol. The van der Waals surface area contributed by atoms with Crippen LogP contribution in [0.25, 0.3) is 0 Å². The number of nitrogens with one attached hydrogen (secondary N) is 1. The summed E-state index contributed by atoms with van der Waals surface area (Å²) in [6, 6.07) is 4.75. The molecule has 126 valence electrons. The highest BCUT2D eigenvalue weighted by Crippen LogP contribution is 2.26. The second kappa shape index (κ2) is 6.88. The topological polar surface area (TPSA) is 89.8 Å². The molecule has 0 saturated heterocycles. The van der Waals surface area contributed by atoms with Crippen molar-refractivity contribution in [1.82, 2.24) is 19.7 Å². The molecule has 0 saturated carbocycles. The minimum atomic E-state index is -3.75. The maximum absolute atomic E-state index is 12.5. The number of hydrogen-bond donors (Lipinski definition) is 1. The SMILES string of the molecule is Cc1c(Cl)cccc1S(=O)(=O)Nc1nnc(CCn2ccnc2)s1. The lowest BCUT2D eigenvalue weighted by Gasteiger charge is -2.08. The molecule has 0 aliphatic heterocycles. The lowest BCUT2D eigenvalue weighted by atomic mass is 10.2. The maximum Gasteiger partial charge on any atom is 0.264 e. The molecule has 2 heterocycles. The first-order valence-corrected chi connectivity index (χ1v) is 9.69. The van der Waals surface area contributed by atoms with Crippen LogP contribution in [0.4, 0.5) is 5.13 Å². The number of halogens is 1. The van der Waals surface area contributed by atoms with Crippen molar-refractivity contribution in [1.29, 1.82) is 0 Å². The lowest BCUT2D eigenvalue weighted by Crippen LogP contribution is -2.14. The molecule has 0 aliphatic rings. The zero-order valence-corrected chi connectivity index (χ0v) is 15.1. The van der Waals surface area contributed by atoms with Crippen molar-refractivity contribution in [2.45, 2.75) is 24.8 Å². The van der Waals surface area contributed by atoms with Crippen molar-refractivity contribution in [3.63, 3.8) is 0 Å². The Morgan fingerprint density at radius 3 is 2.92 bits per heavy atom. The van der Waals surface area contributed by atoms with Crippen molar-refractivity contribution in [2.24, 2.45) is 0 Å². The first-order valence-electron chi connectivity index (χ1n) is 7.02. The van der Waals surface area contributed by atoms with Crippen molar-refractivity contribution >= 4 is 38.1 Å². The van der Waals surface area contributed by atoms with Gasteiger partial charge < -0.3 is 4.57 Å². The smallest absolute Gasteiger partial charge is 0.264 e. The normalized spacial score (nSPS) is 11.6. The van der Waals surface area contributed by atoms with Gasteiger partial charge in [-0.15, -0.1) is 10.2 Å². The van der Waals surface area contributed by atoms with Crippen LogP contribution in [0.15, 0.2) is 41.8 Å². The molecule has 0 fully saturated rings. The number of anilines is 1. The van der Waals surface area contributed by atoms with E-state index >= 15 is 0 Å². The Bertz CT molecular complexity index is 938. The largest absolute Gasteiger partial charge is 0.337 e. The summed E-state index contributed by atoms with van der Waals surface area (Å²) < 4.78 is 29.3. The number of hydrogen-bond acceptors (Lipinski definition) is 6. The molecule has 2 aromatic heterocycles. The van der Waals surface area contributed by atoms with Crippen LogP contribution in [-0.4, -0.2) is 28.2 Å². The van der Waals surface area contributed by atoms with E-state index in [-0.39, 0.29) is 10.0 Å². The van der Waals surface area contributed by atoms with E-state index in [0.717, 1.165) is 5.01 Å². The van der Waals surface area contributed by atoms with Crippen LogP contribution >= 0.6 is 22.9 Å². The first kappa shape index (κ1) is 16.9. The van der Waals surface area contributed by atoms with E-state index in [2.05, 4.69) is 19.9 Å². The number of sulfonamides is 1. The minimum Gasteiger partial charge on any atom is -0.337 e. The number of aromatic nitrogens is 4. The lowest BCUT2D eigenvalue weighted by molar-refractivity contribution is 0.600. The molecule has 3 rings (SSSR count). The summed E-state index contributed by atoms with van der Waals surface area (Å²) in [6.07, 6.45) is 5.91. The molecule has 0 aliphatic carbocycles. The molecule has 10 heteroatoms. The van der Waals surface area contributed by atoms with E-state index in [1.165, 1.54) is 17.4 Å². The summed E-state index contributed by atoms with van der Waals surface area (Å²) in [4.78, 5) is 4.09. The van der Waals surface area contributed by atoms with Crippen LogP contribution in [0.3, 0.4) is 0 Å². The van der Waals surface area contributed by atoms with E-state index in [4.69, 9.17) is 11.6 Å². The van der Waals surface area contributed by atoms with Gasteiger partial charge in [0.15, 0.2) is 0 Å². The fourth-order valence-electron chi connectivity index (χ4n) is 2.09. The number of nitrogens with zero attached hydrogens (tertiary/aromatic N) is 4. The van der Waals surface area contributed by atoms with Gasteiger partial charge in [0.1, 0.15) is 5.01 Å². The number of rotatable bonds is 6. The third-order valence-electron chi connectivity index (χ3n) is 3.34. The molecular formula is C14H14ClN5O2S2. The van der Waals surface area contributed by atoms with Gasteiger partial charge in [0, 0.05) is 30.4 Å². The average Bonchev–Trinajstić information content (AvgIpc) is 3.19. The van der Waals surface area contributed by atoms with Gasteiger partial charge in [-0.1, -0.05) is 29.0 Å². The van der Waals surface area contributed by atoms with Crippen LogP contribution < -0.4 is 4.72 Å². The molecule has 3 aromatic rings. The quantitative estimate of drug-likeness (QED) is 0.706. The zero-order valence-electron chi connectivity index (χ0n) is 12.7. The Labute approximate surface area is 148 Å². The predicted molar refractivity (Wildman–Crippen MR) is 92.8 cm³/mol.